The Kier molecular flexibility index (Phi) is 7.51. The van der Waals surface area contributed by atoms with Crippen molar-refractivity contribution >= 4 is 25.6 Å². The number of hydrogen-bond acceptors (Lipinski definition) is 2. The molecule has 0 fully saturated rings. The van der Waals surface area contributed by atoms with Crippen molar-refractivity contribution in [3.63, 3.8) is 0 Å². The van der Waals surface area contributed by atoms with Gasteiger partial charge in [0.15, 0.2) is 5.12 Å². The monoisotopic (exact) mass is 188 g/mol. The lowest BCUT2D eigenvalue weighted by molar-refractivity contribution is -0.110. The second-order valence-electron chi connectivity index (χ2n) is 1.26. The van der Waals surface area contributed by atoms with Gasteiger partial charge in [0.1, 0.15) is 0 Å². The summed E-state index contributed by atoms with van der Waals surface area (Å²) in [5.41, 5.74) is 0. The summed E-state index contributed by atoms with van der Waals surface area (Å²) in [6.07, 6.45) is 0.531. The molecule has 7 heteroatoms. The number of rotatable bonds is 1. The third-order valence-corrected chi connectivity index (χ3v) is 0.619. The van der Waals surface area contributed by atoms with Gasteiger partial charge in [0, 0.05) is 6.42 Å². The van der Waals surface area contributed by atoms with Crippen LogP contribution in [0, 0.1) is 0 Å². The van der Waals surface area contributed by atoms with Crippen molar-refractivity contribution in [3.05, 3.63) is 0 Å². The topological polar surface area (TPSA) is 94.8 Å². The molecule has 0 spiro atoms. The van der Waals surface area contributed by atoms with Gasteiger partial charge in [-0.25, -0.2) is 4.57 Å². The summed E-state index contributed by atoms with van der Waals surface area (Å²) in [6.45, 7) is 1.77. The molecular weight excluding hydrogens is 179 g/mol. The number of carbonyl (C=O) groups excluding carboxylic acids is 1. The highest BCUT2D eigenvalue weighted by molar-refractivity contribution is 7.96. The molecule has 0 radical (unpaired) electrons. The highest BCUT2D eigenvalue weighted by atomic mass is 32.1. The normalized spacial score (nSPS) is 9.70. The zero-order valence-corrected chi connectivity index (χ0v) is 7.05. The van der Waals surface area contributed by atoms with Crippen LogP contribution in [0.1, 0.15) is 13.3 Å². The first-order chi connectivity index (χ1) is 4.27. The van der Waals surface area contributed by atoms with Crippen molar-refractivity contribution < 1.29 is 24.0 Å². The highest BCUT2D eigenvalue weighted by Crippen LogP contribution is 2.25. The molecule has 0 amide bonds. The van der Waals surface area contributed by atoms with Crippen molar-refractivity contribution in [2.24, 2.45) is 0 Å². The maximum atomic E-state index is 9.68. The summed E-state index contributed by atoms with van der Waals surface area (Å²) in [6, 6.07) is 0. The number of thiol groups is 1. The lowest BCUT2D eigenvalue weighted by atomic mass is 10.6. The van der Waals surface area contributed by atoms with Gasteiger partial charge < -0.3 is 14.7 Å². The molecule has 0 atom stereocenters. The Hall–Kier alpha value is 0.130. The smallest absolute Gasteiger partial charge is 0.303 e. The predicted molar refractivity (Wildman–Crippen MR) is 38.5 cm³/mol. The Bertz CT molecular complexity index is 132. The molecule has 5 nitrogen and oxygen atoms in total. The van der Waals surface area contributed by atoms with Crippen LogP contribution in [-0.4, -0.2) is 19.8 Å². The van der Waals surface area contributed by atoms with Gasteiger partial charge in [-0.05, 0) is 0 Å². The first-order valence-corrected chi connectivity index (χ1v) is 4.28. The van der Waals surface area contributed by atoms with Crippen LogP contribution in [0.4, 0.5) is 0 Å². The van der Waals surface area contributed by atoms with E-state index in [0.29, 0.717) is 6.42 Å². The standard InChI is InChI=1S/C3H6OS.H3O4P/c1-2-3(4)5;1-5(2,3)4/h2H2,1H3,(H,4,5);(H3,1,2,3,4). The minimum absolute atomic E-state index is 0.0509. The van der Waals surface area contributed by atoms with Gasteiger partial charge in [-0.1, -0.05) is 6.92 Å². The molecule has 0 bridgehead atoms. The van der Waals surface area contributed by atoms with E-state index in [1.165, 1.54) is 0 Å². The molecule has 10 heavy (non-hydrogen) atoms. The molecule has 0 unspecified atom stereocenters. The van der Waals surface area contributed by atoms with Crippen molar-refractivity contribution in [2.75, 3.05) is 0 Å². The third kappa shape index (κ3) is 91.1. The molecule has 0 aliphatic carbocycles. The predicted octanol–water partition coefficient (Wildman–Crippen LogP) is -0.0758. The highest BCUT2D eigenvalue weighted by Gasteiger charge is 2.00. The number of carbonyl (C=O) groups is 1. The summed E-state index contributed by atoms with van der Waals surface area (Å²) in [4.78, 5) is 31.2. The summed E-state index contributed by atoms with van der Waals surface area (Å²) in [5.74, 6) is 0. The fourth-order valence-electron chi connectivity index (χ4n) is 0. The van der Waals surface area contributed by atoms with E-state index in [0.717, 1.165) is 0 Å². The van der Waals surface area contributed by atoms with Crippen LogP contribution in [0.2, 0.25) is 0 Å². The zero-order valence-electron chi connectivity index (χ0n) is 5.26. The Labute approximate surface area is 63.7 Å². The van der Waals surface area contributed by atoms with E-state index < -0.39 is 7.82 Å². The average Bonchev–Trinajstić information content (AvgIpc) is 1.61. The van der Waals surface area contributed by atoms with Gasteiger partial charge in [0.25, 0.3) is 0 Å². The first kappa shape index (κ1) is 12.8. The van der Waals surface area contributed by atoms with Gasteiger partial charge in [-0.3, -0.25) is 4.79 Å². The Morgan fingerprint density at radius 2 is 1.60 bits per heavy atom. The van der Waals surface area contributed by atoms with Crippen molar-refractivity contribution in [3.8, 4) is 0 Å². The van der Waals surface area contributed by atoms with Gasteiger partial charge in [-0.15, -0.1) is 12.6 Å². The Balaban J connectivity index is 0. The summed E-state index contributed by atoms with van der Waals surface area (Å²) in [5, 5.41) is -0.0509. The third-order valence-electron chi connectivity index (χ3n) is 0.302. The van der Waals surface area contributed by atoms with E-state index in [1.807, 2.05) is 0 Å². The molecule has 3 N–H and O–H groups in total. The second kappa shape index (κ2) is 5.88. The SMILES string of the molecule is CCC(=O)S.O=P(O)(O)O. The Morgan fingerprint density at radius 1 is 1.50 bits per heavy atom. The fraction of sp³-hybridized carbons (Fsp3) is 0.667. The van der Waals surface area contributed by atoms with Crippen molar-refractivity contribution in [2.45, 2.75) is 13.3 Å². The van der Waals surface area contributed by atoms with Crippen LogP contribution < -0.4 is 0 Å². The molecule has 0 aliphatic heterocycles. The van der Waals surface area contributed by atoms with E-state index in [4.69, 9.17) is 19.2 Å². The Morgan fingerprint density at radius 3 is 1.60 bits per heavy atom. The van der Waals surface area contributed by atoms with Gasteiger partial charge >= 0.3 is 7.82 Å². The van der Waals surface area contributed by atoms with Gasteiger partial charge in [0.2, 0.25) is 0 Å². The lowest BCUT2D eigenvalue weighted by Gasteiger charge is -1.82. The van der Waals surface area contributed by atoms with E-state index >= 15 is 0 Å². The molecular formula is C3H9O5PS. The first-order valence-electron chi connectivity index (χ1n) is 2.27. The minimum Gasteiger partial charge on any atom is -0.303 e. The van der Waals surface area contributed by atoms with E-state index in [-0.39, 0.29) is 5.12 Å². The van der Waals surface area contributed by atoms with E-state index in [1.54, 1.807) is 6.92 Å². The van der Waals surface area contributed by atoms with Crippen LogP contribution in [0.3, 0.4) is 0 Å². The molecule has 0 rings (SSSR count). The van der Waals surface area contributed by atoms with Crippen LogP contribution >= 0.6 is 20.5 Å². The lowest BCUT2D eigenvalue weighted by Crippen LogP contribution is -1.74. The molecule has 0 aromatic heterocycles. The molecule has 0 saturated carbocycles. The summed E-state index contributed by atoms with van der Waals surface area (Å²) in [7, 11) is -4.64. The fourth-order valence-corrected chi connectivity index (χ4v) is 0. The summed E-state index contributed by atoms with van der Waals surface area (Å²) < 4.78 is 8.88. The number of hydrogen-bond donors (Lipinski definition) is 4. The van der Waals surface area contributed by atoms with Gasteiger partial charge in [-0.2, -0.15) is 0 Å². The largest absolute Gasteiger partial charge is 0.466 e. The van der Waals surface area contributed by atoms with Crippen LogP contribution in [0.25, 0.3) is 0 Å². The second-order valence-corrected chi connectivity index (χ2v) is 2.79. The molecule has 0 aromatic rings. The molecule has 0 aromatic carbocycles. The quantitative estimate of drug-likeness (QED) is 0.341. The molecule has 0 aliphatic rings. The maximum absolute atomic E-state index is 9.68. The van der Waals surface area contributed by atoms with Gasteiger partial charge in [0.05, 0.1) is 0 Å². The average molecular weight is 188 g/mol. The summed E-state index contributed by atoms with van der Waals surface area (Å²) >= 11 is 3.46. The van der Waals surface area contributed by atoms with E-state index in [2.05, 4.69) is 12.6 Å². The minimum atomic E-state index is -4.64. The van der Waals surface area contributed by atoms with Crippen LogP contribution in [-0.2, 0) is 9.36 Å². The maximum Gasteiger partial charge on any atom is 0.466 e. The number of phosphoric acid groups is 1. The van der Waals surface area contributed by atoms with E-state index in [9.17, 15) is 4.79 Å². The van der Waals surface area contributed by atoms with Crippen molar-refractivity contribution in [1.82, 2.24) is 0 Å². The van der Waals surface area contributed by atoms with Crippen molar-refractivity contribution in [1.29, 1.82) is 0 Å². The van der Waals surface area contributed by atoms with Crippen LogP contribution in [0.15, 0.2) is 0 Å². The molecule has 62 valence electrons. The molecule has 0 saturated heterocycles. The zero-order chi connectivity index (χ0) is 8.78. The molecule has 0 heterocycles. The van der Waals surface area contributed by atoms with Crippen LogP contribution in [0.5, 0.6) is 0 Å².